The van der Waals surface area contributed by atoms with Crippen LogP contribution < -0.4 is 0 Å². The van der Waals surface area contributed by atoms with Gasteiger partial charge in [0.1, 0.15) is 0 Å². The lowest BCUT2D eigenvalue weighted by Gasteiger charge is -1.96. The Morgan fingerprint density at radius 3 is 3.00 bits per heavy atom. The van der Waals surface area contributed by atoms with Gasteiger partial charge in [0.05, 0.1) is 5.56 Å². The van der Waals surface area contributed by atoms with Gasteiger partial charge in [0.2, 0.25) is 0 Å². The Hall–Kier alpha value is -1.55. The number of hydrogen-bond acceptors (Lipinski definition) is 1. The number of halogens is 1. The van der Waals surface area contributed by atoms with Crippen LogP contribution in [0.15, 0.2) is 30.5 Å². The van der Waals surface area contributed by atoms with E-state index in [1.54, 1.807) is 0 Å². The first-order chi connectivity index (χ1) is 7.72. The summed E-state index contributed by atoms with van der Waals surface area (Å²) in [6, 6.07) is 5.70. The average Bonchev–Trinajstić information content (AvgIpc) is 2.69. The molecule has 3 nitrogen and oxygen atoms in total. The molecule has 0 atom stereocenters. The minimum atomic E-state index is -0.909. The van der Waals surface area contributed by atoms with E-state index in [0.29, 0.717) is 5.56 Å². The second-order valence-electron chi connectivity index (χ2n) is 3.37. The number of carbonyl (C=O) groups is 1. The van der Waals surface area contributed by atoms with Crippen LogP contribution in [0.1, 0.15) is 15.9 Å². The smallest absolute Gasteiger partial charge is 0.337 e. The van der Waals surface area contributed by atoms with Gasteiger partial charge in [0.25, 0.3) is 0 Å². The lowest BCUT2D eigenvalue weighted by atomic mass is 10.1. The lowest BCUT2D eigenvalue weighted by molar-refractivity contribution is 0.0699. The first-order valence-electron chi connectivity index (χ1n) is 4.79. The molecule has 82 valence electrons. The highest BCUT2D eigenvalue weighted by Gasteiger charge is 2.09. The molecule has 0 aliphatic heterocycles. The summed E-state index contributed by atoms with van der Waals surface area (Å²) >= 11 is 3.30. The van der Waals surface area contributed by atoms with E-state index in [9.17, 15) is 4.79 Å². The van der Waals surface area contributed by atoms with Crippen LogP contribution >= 0.6 is 15.9 Å². The number of alkyl halides is 1. The van der Waals surface area contributed by atoms with Gasteiger partial charge in [-0.1, -0.05) is 34.1 Å². The Kier molecular flexibility index (Phi) is 3.10. The molecule has 0 aliphatic carbocycles. The van der Waals surface area contributed by atoms with Crippen molar-refractivity contribution in [2.45, 2.75) is 0 Å². The van der Waals surface area contributed by atoms with Crippen molar-refractivity contribution in [2.75, 3.05) is 5.33 Å². The molecule has 4 heteroatoms. The van der Waals surface area contributed by atoms with E-state index in [4.69, 9.17) is 5.11 Å². The average molecular weight is 280 g/mol. The third-order valence-electron chi connectivity index (χ3n) is 2.34. The predicted molar refractivity (Wildman–Crippen MR) is 68.1 cm³/mol. The Morgan fingerprint density at radius 2 is 2.31 bits per heavy atom. The molecule has 2 aromatic rings. The summed E-state index contributed by atoms with van der Waals surface area (Å²) in [6.45, 7) is 0. The number of carboxylic acids is 1. The first kappa shape index (κ1) is 11.0. The van der Waals surface area contributed by atoms with Crippen molar-refractivity contribution in [1.82, 2.24) is 4.98 Å². The van der Waals surface area contributed by atoms with Gasteiger partial charge >= 0.3 is 5.97 Å². The Morgan fingerprint density at radius 1 is 1.50 bits per heavy atom. The molecule has 2 N–H and O–H groups in total. The Labute approximate surface area is 101 Å². The van der Waals surface area contributed by atoms with Crippen LogP contribution in [0, 0.1) is 0 Å². The molecule has 0 bridgehead atoms. The maximum Gasteiger partial charge on any atom is 0.337 e. The van der Waals surface area contributed by atoms with Gasteiger partial charge in [0.15, 0.2) is 0 Å². The number of hydrogen-bond donors (Lipinski definition) is 2. The van der Waals surface area contributed by atoms with E-state index in [1.807, 2.05) is 30.4 Å². The minimum Gasteiger partial charge on any atom is -0.478 e. The molecule has 0 spiro atoms. The zero-order chi connectivity index (χ0) is 11.5. The van der Waals surface area contributed by atoms with E-state index in [-0.39, 0.29) is 0 Å². The number of allylic oxidation sites excluding steroid dienone is 1. The Bertz CT molecular complexity index is 557. The number of H-pyrrole nitrogens is 1. The van der Waals surface area contributed by atoms with E-state index < -0.39 is 5.97 Å². The van der Waals surface area contributed by atoms with Crippen LogP contribution in [0.4, 0.5) is 0 Å². The molecule has 0 aliphatic rings. The molecule has 0 saturated carbocycles. The minimum absolute atomic E-state index is 0.309. The van der Waals surface area contributed by atoms with Gasteiger partial charge in [-0.2, -0.15) is 0 Å². The topological polar surface area (TPSA) is 53.1 Å². The predicted octanol–water partition coefficient (Wildman–Crippen LogP) is 3.27. The Balaban J connectivity index is 2.54. The fourth-order valence-corrected chi connectivity index (χ4v) is 1.79. The molecule has 1 heterocycles. The fraction of sp³-hybridized carbons (Fsp3) is 0.0833. The quantitative estimate of drug-likeness (QED) is 0.848. The van der Waals surface area contributed by atoms with E-state index >= 15 is 0 Å². The maximum absolute atomic E-state index is 11.0. The van der Waals surface area contributed by atoms with Crippen molar-refractivity contribution in [3.8, 4) is 0 Å². The van der Waals surface area contributed by atoms with E-state index in [0.717, 1.165) is 21.8 Å². The van der Waals surface area contributed by atoms with Crippen molar-refractivity contribution in [3.63, 3.8) is 0 Å². The van der Waals surface area contributed by atoms with Gasteiger partial charge in [-0.15, -0.1) is 0 Å². The number of fused-ring (bicyclic) bond motifs is 1. The zero-order valence-corrected chi connectivity index (χ0v) is 9.99. The molecule has 0 unspecified atom stereocenters. The molecule has 2 rings (SSSR count). The van der Waals surface area contributed by atoms with Gasteiger partial charge in [-0.3, -0.25) is 0 Å². The van der Waals surface area contributed by atoms with Crippen LogP contribution in [-0.4, -0.2) is 21.4 Å². The summed E-state index contributed by atoms with van der Waals surface area (Å²) in [4.78, 5) is 13.9. The summed E-state index contributed by atoms with van der Waals surface area (Å²) < 4.78 is 0. The van der Waals surface area contributed by atoms with Gasteiger partial charge in [0, 0.05) is 22.4 Å². The number of aromatic amines is 1. The third kappa shape index (κ3) is 2.02. The van der Waals surface area contributed by atoms with Crippen LogP contribution in [0.3, 0.4) is 0 Å². The number of carboxylic acid groups (broad SMARTS) is 1. The summed E-state index contributed by atoms with van der Waals surface area (Å²) in [7, 11) is 0. The van der Waals surface area contributed by atoms with Crippen molar-refractivity contribution in [1.29, 1.82) is 0 Å². The monoisotopic (exact) mass is 279 g/mol. The highest BCUT2D eigenvalue weighted by molar-refractivity contribution is 9.09. The van der Waals surface area contributed by atoms with Gasteiger partial charge in [-0.25, -0.2) is 4.79 Å². The van der Waals surface area contributed by atoms with Crippen molar-refractivity contribution in [3.05, 3.63) is 41.6 Å². The SMILES string of the molecule is O=C(O)c1c[nH]c2ccc(C=CCBr)cc12. The largest absolute Gasteiger partial charge is 0.478 e. The van der Waals surface area contributed by atoms with E-state index in [1.165, 1.54) is 6.20 Å². The van der Waals surface area contributed by atoms with Crippen LogP contribution in [0.2, 0.25) is 0 Å². The number of rotatable bonds is 3. The number of nitrogens with one attached hydrogen (secondary N) is 1. The summed E-state index contributed by atoms with van der Waals surface area (Å²) in [5.74, 6) is -0.909. The second kappa shape index (κ2) is 4.53. The summed E-state index contributed by atoms with van der Waals surface area (Å²) in [6.07, 6.45) is 5.44. The van der Waals surface area contributed by atoms with Crippen molar-refractivity contribution >= 4 is 38.9 Å². The molecular weight excluding hydrogens is 270 g/mol. The van der Waals surface area contributed by atoms with E-state index in [2.05, 4.69) is 20.9 Å². The summed E-state index contributed by atoms with van der Waals surface area (Å²) in [5, 5.41) is 10.5. The zero-order valence-electron chi connectivity index (χ0n) is 8.40. The lowest BCUT2D eigenvalue weighted by Crippen LogP contribution is -1.93. The molecule has 0 radical (unpaired) electrons. The molecule has 16 heavy (non-hydrogen) atoms. The van der Waals surface area contributed by atoms with Gasteiger partial charge < -0.3 is 10.1 Å². The highest BCUT2D eigenvalue weighted by atomic mass is 79.9. The van der Waals surface area contributed by atoms with Crippen LogP contribution in [-0.2, 0) is 0 Å². The molecule has 0 fully saturated rings. The second-order valence-corrected chi connectivity index (χ2v) is 4.02. The standard InChI is InChI=1S/C12H10BrNO2/c13-5-1-2-8-3-4-11-9(6-8)10(7-14-11)12(15)16/h1-4,6-7,14H,5H2,(H,15,16). The van der Waals surface area contributed by atoms with Crippen LogP contribution in [0.25, 0.3) is 17.0 Å². The molecule has 1 aromatic carbocycles. The number of aromatic carboxylic acids is 1. The number of aromatic nitrogens is 1. The van der Waals surface area contributed by atoms with Crippen molar-refractivity contribution in [2.24, 2.45) is 0 Å². The third-order valence-corrected chi connectivity index (χ3v) is 2.71. The fourth-order valence-electron chi connectivity index (χ4n) is 1.60. The molecule has 0 saturated heterocycles. The normalized spacial score (nSPS) is 11.3. The number of benzene rings is 1. The molecule has 1 aromatic heterocycles. The maximum atomic E-state index is 11.0. The highest BCUT2D eigenvalue weighted by Crippen LogP contribution is 2.20. The first-order valence-corrected chi connectivity index (χ1v) is 5.91. The molecule has 0 amide bonds. The summed E-state index contributed by atoms with van der Waals surface area (Å²) in [5.41, 5.74) is 2.14. The molecular formula is C12H10BrNO2. The van der Waals surface area contributed by atoms with Crippen LogP contribution in [0.5, 0.6) is 0 Å². The van der Waals surface area contributed by atoms with Gasteiger partial charge in [-0.05, 0) is 17.7 Å². The van der Waals surface area contributed by atoms with Crippen molar-refractivity contribution < 1.29 is 9.90 Å².